The minimum absolute atomic E-state index is 0.226. The molecule has 22 heavy (non-hydrogen) atoms. The van der Waals surface area contributed by atoms with Crippen LogP contribution in [-0.2, 0) is 0 Å². The Morgan fingerprint density at radius 3 is 2.50 bits per heavy atom. The first-order chi connectivity index (χ1) is 10.3. The monoisotopic (exact) mass is 318 g/mol. The largest absolute Gasteiger partial charge is 0.497 e. The molecule has 0 radical (unpaired) electrons. The Morgan fingerprint density at radius 2 is 1.95 bits per heavy atom. The lowest BCUT2D eigenvalue weighted by molar-refractivity contribution is -0.143. The van der Waals surface area contributed by atoms with Crippen LogP contribution in [0.5, 0.6) is 5.75 Å². The maximum Gasteiger partial charge on any atom is 0.401 e. The predicted molar refractivity (Wildman–Crippen MR) is 81.3 cm³/mol. The van der Waals surface area contributed by atoms with Crippen molar-refractivity contribution in [3.05, 3.63) is 24.3 Å². The highest BCUT2D eigenvalue weighted by atomic mass is 19.4. The normalized spacial score (nSPS) is 12.5. The van der Waals surface area contributed by atoms with Gasteiger partial charge < -0.3 is 15.8 Å². The molecule has 8 heteroatoms. The second-order valence-electron chi connectivity index (χ2n) is 4.83. The number of halogens is 3. The van der Waals surface area contributed by atoms with E-state index >= 15 is 0 Å². The summed E-state index contributed by atoms with van der Waals surface area (Å²) < 4.78 is 41.4. The third-order valence-electron chi connectivity index (χ3n) is 2.79. The zero-order valence-electron chi connectivity index (χ0n) is 12.7. The molecular formula is C14H21F3N4O. The Labute approximate surface area is 128 Å². The van der Waals surface area contributed by atoms with Crippen LogP contribution in [0.4, 0.5) is 18.9 Å². The number of guanidine groups is 1. The molecule has 124 valence electrons. The van der Waals surface area contributed by atoms with Gasteiger partial charge in [-0.1, -0.05) is 0 Å². The summed E-state index contributed by atoms with van der Waals surface area (Å²) in [5.41, 5.74) is 6.47. The molecule has 0 saturated carbocycles. The molecule has 0 unspecified atom stereocenters. The van der Waals surface area contributed by atoms with Gasteiger partial charge in [0.05, 0.1) is 13.7 Å². The number of nitrogens with zero attached hydrogens (tertiary/aromatic N) is 2. The fraction of sp³-hybridized carbons (Fsp3) is 0.500. The number of hydrogen-bond acceptors (Lipinski definition) is 3. The van der Waals surface area contributed by atoms with Gasteiger partial charge in [0.25, 0.3) is 0 Å². The van der Waals surface area contributed by atoms with Gasteiger partial charge >= 0.3 is 6.18 Å². The van der Waals surface area contributed by atoms with Gasteiger partial charge in [-0.2, -0.15) is 13.2 Å². The first-order valence-corrected chi connectivity index (χ1v) is 6.76. The van der Waals surface area contributed by atoms with Gasteiger partial charge in [0.15, 0.2) is 5.96 Å². The van der Waals surface area contributed by atoms with Crippen LogP contribution < -0.4 is 15.8 Å². The number of alkyl halides is 3. The number of ether oxygens (including phenoxy) is 1. The second kappa shape index (κ2) is 8.47. The van der Waals surface area contributed by atoms with Crippen molar-refractivity contribution >= 4 is 11.6 Å². The molecular weight excluding hydrogens is 297 g/mol. The topological polar surface area (TPSA) is 62.9 Å². The molecule has 0 heterocycles. The van der Waals surface area contributed by atoms with E-state index in [-0.39, 0.29) is 5.96 Å². The first-order valence-electron chi connectivity index (χ1n) is 6.76. The van der Waals surface area contributed by atoms with Gasteiger partial charge in [0.2, 0.25) is 0 Å². The van der Waals surface area contributed by atoms with Crippen LogP contribution in [0.1, 0.15) is 6.42 Å². The summed E-state index contributed by atoms with van der Waals surface area (Å²) in [6, 6.07) is 7.14. The molecule has 0 aromatic heterocycles. The molecule has 0 spiro atoms. The van der Waals surface area contributed by atoms with Crippen molar-refractivity contribution in [1.29, 1.82) is 0 Å². The predicted octanol–water partition coefficient (Wildman–Crippen LogP) is 2.31. The molecule has 0 aliphatic heterocycles. The van der Waals surface area contributed by atoms with Crippen LogP contribution in [0.15, 0.2) is 29.3 Å². The van der Waals surface area contributed by atoms with E-state index < -0.39 is 12.7 Å². The summed E-state index contributed by atoms with van der Waals surface area (Å²) >= 11 is 0. The number of nitrogens with one attached hydrogen (secondary N) is 1. The Hall–Kier alpha value is -1.96. The summed E-state index contributed by atoms with van der Waals surface area (Å²) in [4.78, 5) is 5.29. The Bertz CT molecular complexity index is 474. The fourth-order valence-corrected chi connectivity index (χ4v) is 1.79. The number of aliphatic imine (C=N–C) groups is 1. The average Bonchev–Trinajstić information content (AvgIpc) is 2.42. The van der Waals surface area contributed by atoms with Gasteiger partial charge in [0, 0.05) is 12.2 Å². The van der Waals surface area contributed by atoms with E-state index in [2.05, 4.69) is 10.3 Å². The zero-order chi connectivity index (χ0) is 16.6. The van der Waals surface area contributed by atoms with Crippen molar-refractivity contribution in [2.24, 2.45) is 10.7 Å². The third kappa shape index (κ3) is 7.72. The quantitative estimate of drug-likeness (QED) is 0.460. The molecule has 1 aromatic carbocycles. The second-order valence-corrected chi connectivity index (χ2v) is 4.83. The van der Waals surface area contributed by atoms with Gasteiger partial charge in [-0.25, -0.2) is 0 Å². The third-order valence-corrected chi connectivity index (χ3v) is 2.79. The van der Waals surface area contributed by atoms with Crippen molar-refractivity contribution in [1.82, 2.24) is 4.90 Å². The number of rotatable bonds is 7. The summed E-state index contributed by atoms with van der Waals surface area (Å²) in [6.07, 6.45) is -3.68. The van der Waals surface area contributed by atoms with Gasteiger partial charge in [-0.3, -0.25) is 9.89 Å². The van der Waals surface area contributed by atoms with Crippen LogP contribution in [0.2, 0.25) is 0 Å². The van der Waals surface area contributed by atoms with Gasteiger partial charge in [-0.05, 0) is 44.3 Å². The van der Waals surface area contributed by atoms with Crippen LogP contribution in [0.3, 0.4) is 0 Å². The van der Waals surface area contributed by atoms with Gasteiger partial charge in [-0.15, -0.1) is 0 Å². The van der Waals surface area contributed by atoms with Crippen LogP contribution in [-0.4, -0.2) is 50.8 Å². The van der Waals surface area contributed by atoms with E-state index in [1.54, 1.807) is 31.4 Å². The van der Waals surface area contributed by atoms with Crippen LogP contribution in [0, 0.1) is 0 Å². The van der Waals surface area contributed by atoms with Crippen molar-refractivity contribution in [3.8, 4) is 5.75 Å². The highest BCUT2D eigenvalue weighted by Crippen LogP contribution is 2.16. The van der Waals surface area contributed by atoms with Crippen LogP contribution in [0.25, 0.3) is 0 Å². The van der Waals surface area contributed by atoms with E-state index in [0.717, 1.165) is 11.4 Å². The van der Waals surface area contributed by atoms with Crippen molar-refractivity contribution < 1.29 is 17.9 Å². The molecule has 0 atom stereocenters. The zero-order valence-corrected chi connectivity index (χ0v) is 12.7. The molecule has 0 fully saturated rings. The lowest BCUT2D eigenvalue weighted by Gasteiger charge is -2.17. The highest BCUT2D eigenvalue weighted by molar-refractivity contribution is 5.92. The molecule has 5 nitrogen and oxygen atoms in total. The number of methoxy groups -OCH3 is 1. The lowest BCUT2D eigenvalue weighted by atomic mass is 10.3. The average molecular weight is 318 g/mol. The molecule has 3 N–H and O–H groups in total. The molecule has 1 rings (SSSR count). The summed E-state index contributed by atoms with van der Waals surface area (Å²) in [7, 11) is 3.00. The van der Waals surface area contributed by atoms with E-state index in [9.17, 15) is 13.2 Å². The summed E-state index contributed by atoms with van der Waals surface area (Å²) in [6.45, 7) is -0.258. The fourth-order valence-electron chi connectivity index (χ4n) is 1.79. The highest BCUT2D eigenvalue weighted by Gasteiger charge is 2.28. The smallest absolute Gasteiger partial charge is 0.401 e. The van der Waals surface area contributed by atoms with Crippen molar-refractivity contribution in [2.45, 2.75) is 12.6 Å². The number of hydrogen-bond donors (Lipinski definition) is 2. The molecule has 0 bridgehead atoms. The summed E-state index contributed by atoms with van der Waals surface area (Å²) in [5.74, 6) is 0.956. The maximum absolute atomic E-state index is 12.1. The van der Waals surface area contributed by atoms with Crippen molar-refractivity contribution in [3.63, 3.8) is 0 Å². The first kappa shape index (κ1) is 18.1. The van der Waals surface area contributed by atoms with E-state index in [1.165, 1.54) is 11.9 Å². The lowest BCUT2D eigenvalue weighted by Crippen LogP contribution is -2.32. The van der Waals surface area contributed by atoms with E-state index in [0.29, 0.717) is 19.5 Å². The number of benzene rings is 1. The Morgan fingerprint density at radius 1 is 1.32 bits per heavy atom. The molecule has 0 aliphatic rings. The Kier molecular flexibility index (Phi) is 6.97. The number of nitrogens with two attached hydrogens (primary N) is 1. The van der Waals surface area contributed by atoms with E-state index in [1.807, 2.05) is 0 Å². The molecule has 1 aromatic rings. The minimum atomic E-state index is -4.17. The van der Waals surface area contributed by atoms with Crippen molar-refractivity contribution in [2.75, 3.05) is 39.1 Å². The maximum atomic E-state index is 12.1. The Balaban J connectivity index is 2.30. The summed E-state index contributed by atoms with van der Waals surface area (Å²) in [5, 5.41) is 2.90. The number of anilines is 1. The van der Waals surface area contributed by atoms with Crippen LogP contribution >= 0.6 is 0 Å². The SMILES string of the molecule is COc1ccc(NC(N)=NCCCN(C)CC(F)(F)F)cc1. The molecule has 0 saturated heterocycles. The minimum Gasteiger partial charge on any atom is -0.497 e. The van der Waals surface area contributed by atoms with E-state index in [4.69, 9.17) is 10.5 Å². The molecule has 0 amide bonds. The van der Waals surface area contributed by atoms with Gasteiger partial charge in [0.1, 0.15) is 5.75 Å². The standard InChI is InChI=1S/C14H21F3N4O/c1-21(10-14(15,16)17)9-3-8-19-13(18)20-11-4-6-12(22-2)7-5-11/h4-7H,3,8-10H2,1-2H3,(H3,18,19,20). The molecule has 0 aliphatic carbocycles.